The number of hydrogen-bond acceptors (Lipinski definition) is 5. The summed E-state index contributed by atoms with van der Waals surface area (Å²) in [7, 11) is 0. The van der Waals surface area contributed by atoms with Crippen molar-refractivity contribution in [3.05, 3.63) is 60.8 Å². The normalized spacial score (nSPS) is 12.6. The van der Waals surface area contributed by atoms with Gasteiger partial charge in [0.05, 0.1) is 0 Å². The molecule has 0 amide bonds. The zero-order chi connectivity index (χ0) is 47.7. The maximum absolute atomic E-state index is 12.7. The molecule has 0 bridgehead atoms. The molecule has 0 heterocycles. The fourth-order valence-electron chi connectivity index (χ4n) is 8.17. The molecule has 0 N–H and O–H groups in total. The molecule has 1 atom stereocenters. The highest BCUT2D eigenvalue weighted by Gasteiger charge is 2.16. The lowest BCUT2D eigenvalue weighted by atomic mass is 10.0. The molecule has 0 aromatic carbocycles. The minimum absolute atomic E-state index is 0.144. The third-order valence-electron chi connectivity index (χ3n) is 12.6. The van der Waals surface area contributed by atoms with Crippen molar-refractivity contribution in [2.24, 2.45) is 0 Å². The van der Waals surface area contributed by atoms with Crippen LogP contribution < -0.4 is 0 Å². The van der Waals surface area contributed by atoms with Crippen molar-refractivity contribution in [2.45, 2.75) is 297 Å². The van der Waals surface area contributed by atoms with Crippen LogP contribution in [0, 0.1) is 0 Å². The van der Waals surface area contributed by atoms with Crippen LogP contribution in [0.3, 0.4) is 0 Å². The molecule has 0 rings (SSSR count). The highest BCUT2D eigenvalue weighted by Crippen LogP contribution is 2.15. The molecule has 66 heavy (non-hydrogen) atoms. The second-order valence-corrected chi connectivity index (χ2v) is 19.2. The molecule has 0 unspecified atom stereocenters. The standard InChI is InChI=1S/C61H110O5/c1-4-7-10-13-16-19-22-25-28-31-33-36-39-42-45-48-51-54-60(62)65-57-59(64-56-53-50-47-44-41-38-35-30-27-24-21-18-15-12-9-6-3)58-66-61(63)55-52-49-46-43-40-37-34-32-29-26-23-20-17-14-11-8-5-2/h16-17,19-20,25-26,28-29,33,36,59H,4-15,18,21-24,27,30-32,34-35,37-58H2,1-3H3/b19-16-,20-17-,28-25-,29-26-,36-33-/t59-/m1/s1. The highest BCUT2D eigenvalue weighted by atomic mass is 16.6. The molecule has 384 valence electrons. The molecule has 0 fully saturated rings. The topological polar surface area (TPSA) is 61.8 Å². The first-order chi connectivity index (χ1) is 32.6. The smallest absolute Gasteiger partial charge is 0.305 e. The number of ether oxygens (including phenoxy) is 3. The minimum Gasteiger partial charge on any atom is -0.463 e. The third-order valence-corrected chi connectivity index (χ3v) is 12.6. The Morgan fingerprint density at radius 2 is 0.576 bits per heavy atom. The SMILES string of the molecule is CCCCC/C=C\C/C=C\C/C=C\CCCCCCC(=O)OC[C@H](COC(=O)CCCCCCCCC/C=C\C/C=C\CCCCC)OCCCCCCCCCCCCCCCCCC. The quantitative estimate of drug-likeness (QED) is 0.0346. The second kappa shape index (κ2) is 56.9. The Kier molecular flexibility index (Phi) is 54.9. The zero-order valence-corrected chi connectivity index (χ0v) is 44.2. The number of unbranched alkanes of at least 4 members (excludes halogenated alkanes) is 32. The minimum atomic E-state index is -0.412. The van der Waals surface area contributed by atoms with Crippen molar-refractivity contribution in [3.8, 4) is 0 Å². The molecule has 0 spiro atoms. The number of hydrogen-bond donors (Lipinski definition) is 0. The van der Waals surface area contributed by atoms with Crippen LogP contribution in [0.2, 0.25) is 0 Å². The Hall–Kier alpha value is -2.40. The van der Waals surface area contributed by atoms with Gasteiger partial charge in [-0.25, -0.2) is 0 Å². The summed E-state index contributed by atoms with van der Waals surface area (Å²) in [6.07, 6.45) is 72.5. The molecular formula is C61H110O5. The highest BCUT2D eigenvalue weighted by molar-refractivity contribution is 5.69. The van der Waals surface area contributed by atoms with Crippen LogP contribution in [0.5, 0.6) is 0 Å². The molecule has 5 nitrogen and oxygen atoms in total. The summed E-state index contributed by atoms with van der Waals surface area (Å²) in [5.41, 5.74) is 0. The summed E-state index contributed by atoms with van der Waals surface area (Å²) in [6, 6.07) is 0. The van der Waals surface area contributed by atoms with Crippen LogP contribution in [0.15, 0.2) is 60.8 Å². The van der Waals surface area contributed by atoms with E-state index in [1.54, 1.807) is 0 Å². The number of carbonyl (C=O) groups excluding carboxylic acids is 2. The Labute approximate surface area is 411 Å². The maximum Gasteiger partial charge on any atom is 0.305 e. The molecule has 0 aliphatic carbocycles. The number of carbonyl (C=O) groups is 2. The number of rotatable bonds is 53. The summed E-state index contributed by atoms with van der Waals surface area (Å²) in [6.45, 7) is 7.68. The molecule has 0 radical (unpaired) electrons. The lowest BCUT2D eigenvalue weighted by molar-refractivity contribution is -0.155. The van der Waals surface area contributed by atoms with Crippen molar-refractivity contribution in [3.63, 3.8) is 0 Å². The van der Waals surface area contributed by atoms with E-state index in [0.29, 0.717) is 19.4 Å². The van der Waals surface area contributed by atoms with E-state index in [1.807, 2.05) is 0 Å². The summed E-state index contributed by atoms with van der Waals surface area (Å²) in [4.78, 5) is 25.3. The predicted octanol–water partition coefficient (Wildman–Crippen LogP) is 19.7. The van der Waals surface area contributed by atoms with Gasteiger partial charge in [0.25, 0.3) is 0 Å². The fourth-order valence-corrected chi connectivity index (χ4v) is 8.17. The molecule has 0 aliphatic heterocycles. The van der Waals surface area contributed by atoms with Crippen molar-refractivity contribution < 1.29 is 23.8 Å². The van der Waals surface area contributed by atoms with Gasteiger partial charge in [-0.05, 0) is 89.9 Å². The van der Waals surface area contributed by atoms with E-state index in [0.717, 1.165) is 77.0 Å². The van der Waals surface area contributed by atoms with Gasteiger partial charge < -0.3 is 14.2 Å². The van der Waals surface area contributed by atoms with E-state index >= 15 is 0 Å². The maximum atomic E-state index is 12.7. The summed E-state index contributed by atoms with van der Waals surface area (Å²) in [5.74, 6) is -0.357. The Morgan fingerprint density at radius 1 is 0.318 bits per heavy atom. The Bertz CT molecular complexity index is 1130. The van der Waals surface area contributed by atoms with E-state index in [4.69, 9.17) is 14.2 Å². The van der Waals surface area contributed by atoms with E-state index in [1.165, 1.54) is 180 Å². The first kappa shape index (κ1) is 63.6. The fraction of sp³-hybridized carbons (Fsp3) is 0.803. The van der Waals surface area contributed by atoms with Gasteiger partial charge in [-0.3, -0.25) is 9.59 Å². The summed E-state index contributed by atoms with van der Waals surface area (Å²) in [5, 5.41) is 0. The molecular weight excluding hydrogens is 813 g/mol. The lowest BCUT2D eigenvalue weighted by Gasteiger charge is -2.18. The average molecular weight is 924 g/mol. The van der Waals surface area contributed by atoms with E-state index in [2.05, 4.69) is 81.5 Å². The van der Waals surface area contributed by atoms with Crippen LogP contribution in [-0.2, 0) is 23.8 Å². The van der Waals surface area contributed by atoms with E-state index < -0.39 is 6.10 Å². The van der Waals surface area contributed by atoms with Gasteiger partial charge in [0.1, 0.15) is 19.3 Å². The lowest BCUT2D eigenvalue weighted by Crippen LogP contribution is -2.29. The summed E-state index contributed by atoms with van der Waals surface area (Å²) < 4.78 is 17.5. The first-order valence-corrected chi connectivity index (χ1v) is 28.8. The van der Waals surface area contributed by atoms with Gasteiger partial charge in [-0.1, -0.05) is 248 Å². The first-order valence-electron chi connectivity index (χ1n) is 28.8. The summed E-state index contributed by atoms with van der Waals surface area (Å²) >= 11 is 0. The van der Waals surface area contributed by atoms with Gasteiger partial charge in [-0.2, -0.15) is 0 Å². The van der Waals surface area contributed by atoms with Crippen LogP contribution in [0.25, 0.3) is 0 Å². The van der Waals surface area contributed by atoms with Crippen molar-refractivity contribution in [1.82, 2.24) is 0 Å². The van der Waals surface area contributed by atoms with Crippen molar-refractivity contribution in [2.75, 3.05) is 19.8 Å². The van der Waals surface area contributed by atoms with E-state index in [9.17, 15) is 9.59 Å². The Balaban J connectivity index is 4.30. The zero-order valence-electron chi connectivity index (χ0n) is 44.2. The molecule has 0 saturated carbocycles. The molecule has 0 aromatic rings. The number of esters is 2. The second-order valence-electron chi connectivity index (χ2n) is 19.2. The average Bonchev–Trinajstić information content (AvgIpc) is 3.32. The number of allylic oxidation sites excluding steroid dienone is 10. The van der Waals surface area contributed by atoms with Crippen LogP contribution in [0.1, 0.15) is 290 Å². The largest absolute Gasteiger partial charge is 0.463 e. The van der Waals surface area contributed by atoms with Gasteiger partial charge >= 0.3 is 11.9 Å². The molecule has 0 saturated heterocycles. The predicted molar refractivity (Wildman–Crippen MR) is 288 cm³/mol. The van der Waals surface area contributed by atoms with Crippen LogP contribution in [0.4, 0.5) is 0 Å². The molecule has 0 aromatic heterocycles. The van der Waals surface area contributed by atoms with Crippen molar-refractivity contribution in [1.29, 1.82) is 0 Å². The van der Waals surface area contributed by atoms with Crippen LogP contribution in [-0.4, -0.2) is 37.9 Å². The van der Waals surface area contributed by atoms with Crippen molar-refractivity contribution >= 4 is 11.9 Å². The monoisotopic (exact) mass is 923 g/mol. The Morgan fingerprint density at radius 3 is 0.924 bits per heavy atom. The van der Waals surface area contributed by atoms with E-state index in [-0.39, 0.29) is 25.2 Å². The molecule has 0 aliphatic rings. The van der Waals surface area contributed by atoms with Gasteiger partial charge in [0.15, 0.2) is 0 Å². The van der Waals surface area contributed by atoms with Gasteiger partial charge in [-0.15, -0.1) is 0 Å². The van der Waals surface area contributed by atoms with Gasteiger partial charge in [0.2, 0.25) is 0 Å². The van der Waals surface area contributed by atoms with Gasteiger partial charge in [0, 0.05) is 19.4 Å². The third kappa shape index (κ3) is 54.2. The van der Waals surface area contributed by atoms with Crippen LogP contribution >= 0.6 is 0 Å². The molecule has 5 heteroatoms.